The molecule has 2 aromatic heterocycles. The highest BCUT2D eigenvalue weighted by Gasteiger charge is 2.18. The van der Waals surface area contributed by atoms with Gasteiger partial charge in [-0.05, 0) is 16.6 Å². The maximum atomic E-state index is 10.6. The van der Waals surface area contributed by atoms with E-state index in [2.05, 4.69) is 15.4 Å². The molecule has 0 fully saturated rings. The third-order valence-electron chi connectivity index (χ3n) is 2.30. The predicted molar refractivity (Wildman–Crippen MR) is 66.8 cm³/mol. The molecule has 0 aliphatic carbocycles. The first kappa shape index (κ1) is 12.3. The van der Waals surface area contributed by atoms with E-state index in [1.54, 1.807) is 13.2 Å². The normalized spacial score (nSPS) is 10.3. The number of hydrogen-bond donors (Lipinski definition) is 1. The van der Waals surface area contributed by atoms with Crippen LogP contribution in [0, 0.1) is 10.1 Å². The Morgan fingerprint density at radius 3 is 2.83 bits per heavy atom. The standard InChI is InChI=1S/C10H10ClN5O2/c1-12-9-3-2-7(4-13-9)5-15-6-8(11)10(14-15)16(17)18/h2-4,6H,5H2,1H3,(H,12,13). The second-order valence-electron chi connectivity index (χ2n) is 3.56. The molecule has 2 heterocycles. The molecule has 94 valence electrons. The van der Waals surface area contributed by atoms with Gasteiger partial charge in [0, 0.05) is 13.2 Å². The first-order valence-corrected chi connectivity index (χ1v) is 5.48. The Kier molecular flexibility index (Phi) is 3.42. The summed E-state index contributed by atoms with van der Waals surface area (Å²) < 4.78 is 1.41. The van der Waals surface area contributed by atoms with E-state index >= 15 is 0 Å². The number of pyridine rings is 1. The highest BCUT2D eigenvalue weighted by atomic mass is 35.5. The molecule has 0 aliphatic rings. The van der Waals surface area contributed by atoms with E-state index in [0.29, 0.717) is 6.54 Å². The van der Waals surface area contributed by atoms with E-state index in [9.17, 15) is 10.1 Å². The fraction of sp³-hybridized carbons (Fsp3) is 0.200. The molecule has 0 bridgehead atoms. The average Bonchev–Trinajstić information content (AvgIpc) is 2.71. The lowest BCUT2D eigenvalue weighted by molar-refractivity contribution is -0.389. The Hall–Kier alpha value is -2.15. The molecule has 2 aromatic rings. The van der Waals surface area contributed by atoms with Gasteiger partial charge in [-0.25, -0.2) is 4.98 Å². The van der Waals surface area contributed by atoms with Gasteiger partial charge in [0.15, 0.2) is 5.02 Å². The number of nitrogens with one attached hydrogen (secondary N) is 1. The predicted octanol–water partition coefficient (Wildman–Crippen LogP) is 1.93. The van der Waals surface area contributed by atoms with Crippen molar-refractivity contribution in [3.8, 4) is 0 Å². The van der Waals surface area contributed by atoms with Crippen molar-refractivity contribution in [2.24, 2.45) is 0 Å². The second-order valence-corrected chi connectivity index (χ2v) is 3.96. The van der Waals surface area contributed by atoms with E-state index in [4.69, 9.17) is 11.6 Å². The van der Waals surface area contributed by atoms with Crippen molar-refractivity contribution in [2.75, 3.05) is 12.4 Å². The van der Waals surface area contributed by atoms with Crippen molar-refractivity contribution in [1.82, 2.24) is 14.8 Å². The third-order valence-corrected chi connectivity index (χ3v) is 2.56. The molecule has 7 nitrogen and oxygen atoms in total. The van der Waals surface area contributed by atoms with E-state index in [0.717, 1.165) is 11.4 Å². The lowest BCUT2D eigenvalue weighted by Crippen LogP contribution is -2.02. The molecule has 0 spiro atoms. The third kappa shape index (κ3) is 2.57. The summed E-state index contributed by atoms with van der Waals surface area (Å²) in [5, 5.41) is 17.3. The summed E-state index contributed by atoms with van der Waals surface area (Å²) in [5.74, 6) is 0.416. The number of anilines is 1. The summed E-state index contributed by atoms with van der Waals surface area (Å²) in [6.07, 6.45) is 3.10. The van der Waals surface area contributed by atoms with Crippen LogP contribution in [0.15, 0.2) is 24.5 Å². The van der Waals surface area contributed by atoms with E-state index in [-0.39, 0.29) is 10.8 Å². The maximum absolute atomic E-state index is 10.6. The van der Waals surface area contributed by atoms with Crippen molar-refractivity contribution in [2.45, 2.75) is 6.54 Å². The zero-order valence-corrected chi connectivity index (χ0v) is 10.3. The smallest absolute Gasteiger partial charge is 0.373 e. The minimum atomic E-state index is -0.610. The van der Waals surface area contributed by atoms with Crippen molar-refractivity contribution in [3.05, 3.63) is 45.2 Å². The minimum Gasteiger partial charge on any atom is -0.373 e. The summed E-state index contributed by atoms with van der Waals surface area (Å²) in [5.41, 5.74) is 0.878. The van der Waals surface area contributed by atoms with Gasteiger partial charge in [-0.3, -0.25) is 0 Å². The first-order valence-electron chi connectivity index (χ1n) is 5.10. The Bertz CT molecular complexity index is 566. The highest BCUT2D eigenvalue weighted by molar-refractivity contribution is 6.32. The summed E-state index contributed by atoms with van der Waals surface area (Å²) in [6.45, 7) is 0.380. The van der Waals surface area contributed by atoms with Crippen LogP contribution in [-0.4, -0.2) is 26.7 Å². The maximum Gasteiger partial charge on any atom is 0.408 e. The average molecular weight is 268 g/mol. The lowest BCUT2D eigenvalue weighted by Gasteiger charge is -2.00. The van der Waals surface area contributed by atoms with Crippen LogP contribution in [0.5, 0.6) is 0 Å². The Morgan fingerprint density at radius 2 is 2.33 bits per heavy atom. The minimum absolute atomic E-state index is 0.0276. The van der Waals surface area contributed by atoms with Crippen molar-refractivity contribution in [3.63, 3.8) is 0 Å². The summed E-state index contributed by atoms with van der Waals surface area (Å²) >= 11 is 5.70. The number of nitro groups is 1. The fourth-order valence-corrected chi connectivity index (χ4v) is 1.66. The molecule has 0 atom stereocenters. The molecule has 0 saturated carbocycles. The van der Waals surface area contributed by atoms with Gasteiger partial charge in [-0.15, -0.1) is 0 Å². The zero-order valence-electron chi connectivity index (χ0n) is 9.50. The molecule has 0 saturated heterocycles. The van der Waals surface area contributed by atoms with Crippen LogP contribution in [-0.2, 0) is 6.54 Å². The van der Waals surface area contributed by atoms with Gasteiger partial charge in [0.2, 0.25) is 0 Å². The van der Waals surface area contributed by atoms with Gasteiger partial charge in [0.25, 0.3) is 0 Å². The number of rotatable bonds is 4. The summed E-state index contributed by atoms with van der Waals surface area (Å²) in [6, 6.07) is 3.68. The molecule has 0 amide bonds. The van der Waals surface area contributed by atoms with Crippen LogP contribution in [0.1, 0.15) is 5.56 Å². The van der Waals surface area contributed by atoms with Gasteiger partial charge in [0.1, 0.15) is 5.82 Å². The summed E-state index contributed by atoms with van der Waals surface area (Å²) in [7, 11) is 1.78. The molecule has 2 rings (SSSR count). The fourth-order valence-electron chi connectivity index (χ4n) is 1.44. The van der Waals surface area contributed by atoms with Gasteiger partial charge < -0.3 is 15.4 Å². The van der Waals surface area contributed by atoms with Gasteiger partial charge >= 0.3 is 5.82 Å². The Balaban J connectivity index is 2.18. The van der Waals surface area contributed by atoms with Crippen LogP contribution in [0.4, 0.5) is 11.6 Å². The van der Waals surface area contributed by atoms with Gasteiger partial charge in [-0.1, -0.05) is 17.7 Å². The number of halogens is 1. The van der Waals surface area contributed by atoms with Crippen molar-refractivity contribution in [1.29, 1.82) is 0 Å². The number of nitrogens with zero attached hydrogens (tertiary/aromatic N) is 4. The second kappa shape index (κ2) is 5.01. The summed E-state index contributed by atoms with van der Waals surface area (Å²) in [4.78, 5) is 14.1. The van der Waals surface area contributed by atoms with E-state index in [1.165, 1.54) is 10.9 Å². The molecular weight excluding hydrogens is 258 g/mol. The SMILES string of the molecule is CNc1ccc(Cn2cc(Cl)c([N+](=O)[O-])n2)cn1. The number of hydrogen-bond acceptors (Lipinski definition) is 5. The molecule has 18 heavy (non-hydrogen) atoms. The highest BCUT2D eigenvalue weighted by Crippen LogP contribution is 2.21. The van der Waals surface area contributed by atoms with Crippen molar-refractivity contribution >= 4 is 23.2 Å². The Morgan fingerprint density at radius 1 is 1.56 bits per heavy atom. The molecule has 0 aliphatic heterocycles. The van der Waals surface area contributed by atoms with E-state index < -0.39 is 4.92 Å². The largest absolute Gasteiger partial charge is 0.408 e. The number of aromatic nitrogens is 3. The topological polar surface area (TPSA) is 85.9 Å². The molecule has 0 aromatic carbocycles. The van der Waals surface area contributed by atoms with Crippen LogP contribution >= 0.6 is 11.6 Å². The zero-order chi connectivity index (χ0) is 13.1. The molecular formula is C10H10ClN5O2. The molecule has 0 radical (unpaired) electrons. The van der Waals surface area contributed by atoms with E-state index in [1.807, 2.05) is 12.1 Å². The van der Waals surface area contributed by atoms with Crippen LogP contribution in [0.25, 0.3) is 0 Å². The molecule has 1 N–H and O–H groups in total. The lowest BCUT2D eigenvalue weighted by atomic mass is 10.3. The Labute approximate surface area is 108 Å². The molecule has 0 unspecified atom stereocenters. The first-order chi connectivity index (χ1) is 8.60. The molecule has 8 heteroatoms. The quantitative estimate of drug-likeness (QED) is 0.676. The van der Waals surface area contributed by atoms with Crippen LogP contribution in [0.3, 0.4) is 0 Å². The van der Waals surface area contributed by atoms with Crippen molar-refractivity contribution < 1.29 is 4.92 Å². The van der Waals surface area contributed by atoms with Crippen LogP contribution < -0.4 is 5.32 Å². The van der Waals surface area contributed by atoms with Gasteiger partial charge in [0.05, 0.1) is 17.8 Å². The van der Waals surface area contributed by atoms with Gasteiger partial charge in [-0.2, -0.15) is 4.68 Å². The van der Waals surface area contributed by atoms with Crippen LogP contribution in [0.2, 0.25) is 5.02 Å². The monoisotopic (exact) mass is 267 g/mol.